The SMILES string of the molecule is CNC(c1ccc(OC)nn1)c1ccncc1F. The first kappa shape index (κ1) is 12.4. The summed E-state index contributed by atoms with van der Waals surface area (Å²) >= 11 is 0. The highest BCUT2D eigenvalue weighted by atomic mass is 19.1. The van der Waals surface area contributed by atoms with Crippen LogP contribution in [0, 0.1) is 5.82 Å². The number of ether oxygens (including phenoxy) is 1. The van der Waals surface area contributed by atoms with Crippen LogP contribution in [0.1, 0.15) is 17.3 Å². The standard InChI is InChI=1S/C12H13FN4O/c1-14-12(8-5-6-15-7-9(8)13)10-3-4-11(18-2)17-16-10/h3-7,12,14H,1-2H3. The van der Waals surface area contributed by atoms with Crippen LogP contribution in [-0.2, 0) is 0 Å². The number of rotatable bonds is 4. The van der Waals surface area contributed by atoms with Gasteiger partial charge in [0.15, 0.2) is 0 Å². The third kappa shape index (κ3) is 2.43. The molecule has 2 aromatic heterocycles. The number of nitrogens with zero attached hydrogens (tertiary/aromatic N) is 3. The van der Waals surface area contributed by atoms with Gasteiger partial charge in [0.05, 0.1) is 25.0 Å². The zero-order chi connectivity index (χ0) is 13.0. The van der Waals surface area contributed by atoms with E-state index in [4.69, 9.17) is 4.74 Å². The molecule has 1 atom stereocenters. The average molecular weight is 248 g/mol. The fourth-order valence-corrected chi connectivity index (χ4v) is 1.68. The monoisotopic (exact) mass is 248 g/mol. The molecule has 0 spiro atoms. The summed E-state index contributed by atoms with van der Waals surface area (Å²) in [6.45, 7) is 0. The topological polar surface area (TPSA) is 59.9 Å². The number of methoxy groups -OCH3 is 1. The van der Waals surface area contributed by atoms with E-state index in [0.717, 1.165) is 0 Å². The van der Waals surface area contributed by atoms with Crippen LogP contribution >= 0.6 is 0 Å². The average Bonchev–Trinajstić information content (AvgIpc) is 2.42. The maximum atomic E-state index is 13.7. The second-order valence-corrected chi connectivity index (χ2v) is 3.62. The molecule has 0 bridgehead atoms. The number of nitrogens with one attached hydrogen (secondary N) is 1. The number of pyridine rings is 1. The lowest BCUT2D eigenvalue weighted by Gasteiger charge is -2.16. The van der Waals surface area contributed by atoms with Gasteiger partial charge < -0.3 is 10.1 Å². The molecule has 6 heteroatoms. The van der Waals surface area contributed by atoms with E-state index in [9.17, 15) is 4.39 Å². The summed E-state index contributed by atoms with van der Waals surface area (Å²) < 4.78 is 18.6. The predicted molar refractivity (Wildman–Crippen MR) is 63.7 cm³/mol. The van der Waals surface area contributed by atoms with E-state index < -0.39 is 0 Å². The second kappa shape index (κ2) is 5.50. The van der Waals surface area contributed by atoms with Gasteiger partial charge in [-0.25, -0.2) is 4.39 Å². The number of halogens is 1. The summed E-state index contributed by atoms with van der Waals surface area (Å²) in [6, 6.07) is 4.67. The summed E-state index contributed by atoms with van der Waals surface area (Å²) in [5.74, 6) is 0.0401. The van der Waals surface area contributed by atoms with E-state index in [0.29, 0.717) is 17.1 Å². The molecule has 0 saturated carbocycles. The van der Waals surface area contributed by atoms with Crippen molar-refractivity contribution in [1.82, 2.24) is 20.5 Å². The fourth-order valence-electron chi connectivity index (χ4n) is 1.68. The van der Waals surface area contributed by atoms with Gasteiger partial charge in [-0.2, -0.15) is 0 Å². The molecule has 0 amide bonds. The van der Waals surface area contributed by atoms with Crippen LogP contribution in [0.15, 0.2) is 30.6 Å². The molecular formula is C12H13FN4O. The largest absolute Gasteiger partial charge is 0.480 e. The van der Waals surface area contributed by atoms with Crippen LogP contribution in [0.2, 0.25) is 0 Å². The molecule has 0 radical (unpaired) electrons. The van der Waals surface area contributed by atoms with Crippen LogP contribution < -0.4 is 10.1 Å². The Hall–Kier alpha value is -2.08. The van der Waals surface area contributed by atoms with E-state index in [1.54, 1.807) is 31.4 Å². The summed E-state index contributed by atoms with van der Waals surface area (Å²) in [7, 11) is 3.25. The molecule has 2 aromatic rings. The smallest absolute Gasteiger partial charge is 0.233 e. The van der Waals surface area contributed by atoms with Crippen LogP contribution in [0.5, 0.6) is 5.88 Å². The maximum Gasteiger partial charge on any atom is 0.233 e. The van der Waals surface area contributed by atoms with Crippen molar-refractivity contribution in [1.29, 1.82) is 0 Å². The summed E-state index contributed by atoms with van der Waals surface area (Å²) in [4.78, 5) is 3.72. The highest BCUT2D eigenvalue weighted by Gasteiger charge is 2.17. The molecule has 0 aliphatic carbocycles. The Morgan fingerprint density at radius 1 is 1.28 bits per heavy atom. The third-order valence-corrected chi connectivity index (χ3v) is 2.57. The Labute approximate surface area is 104 Å². The minimum atomic E-state index is -0.380. The van der Waals surface area contributed by atoms with Gasteiger partial charge in [0, 0.05) is 17.8 Å². The van der Waals surface area contributed by atoms with E-state index in [1.807, 2.05) is 0 Å². The predicted octanol–water partition coefficient (Wildman–Crippen LogP) is 1.33. The Kier molecular flexibility index (Phi) is 3.78. The Balaban J connectivity index is 2.36. The molecule has 1 unspecified atom stereocenters. The molecule has 1 N–H and O–H groups in total. The summed E-state index contributed by atoms with van der Waals surface area (Å²) in [5.41, 5.74) is 1.09. The van der Waals surface area contributed by atoms with Gasteiger partial charge in [-0.1, -0.05) is 0 Å². The lowest BCUT2D eigenvalue weighted by molar-refractivity contribution is 0.390. The minimum absolute atomic E-state index is 0.369. The number of hydrogen-bond donors (Lipinski definition) is 1. The maximum absolute atomic E-state index is 13.7. The van der Waals surface area contributed by atoms with Crippen molar-refractivity contribution >= 4 is 0 Å². The van der Waals surface area contributed by atoms with Crippen molar-refractivity contribution in [2.24, 2.45) is 0 Å². The molecular weight excluding hydrogens is 235 g/mol. The van der Waals surface area contributed by atoms with Crippen LogP contribution in [0.3, 0.4) is 0 Å². The molecule has 0 saturated heterocycles. The van der Waals surface area contributed by atoms with Crippen molar-refractivity contribution in [3.8, 4) is 5.88 Å². The number of hydrogen-bond acceptors (Lipinski definition) is 5. The van der Waals surface area contributed by atoms with Crippen molar-refractivity contribution < 1.29 is 9.13 Å². The van der Waals surface area contributed by atoms with Gasteiger partial charge in [-0.05, 0) is 19.2 Å². The normalized spacial score (nSPS) is 12.2. The first-order chi connectivity index (χ1) is 8.76. The molecule has 0 aliphatic heterocycles. The first-order valence-corrected chi connectivity index (χ1v) is 5.40. The van der Waals surface area contributed by atoms with Gasteiger partial charge in [-0.3, -0.25) is 4.98 Å². The van der Waals surface area contributed by atoms with Gasteiger partial charge in [0.25, 0.3) is 0 Å². The molecule has 2 rings (SSSR count). The van der Waals surface area contributed by atoms with Crippen LogP contribution in [-0.4, -0.2) is 29.3 Å². The molecule has 2 heterocycles. The first-order valence-electron chi connectivity index (χ1n) is 5.40. The molecule has 94 valence electrons. The van der Waals surface area contributed by atoms with Crippen molar-refractivity contribution in [2.75, 3.05) is 14.2 Å². The lowest BCUT2D eigenvalue weighted by atomic mass is 10.0. The Morgan fingerprint density at radius 2 is 2.11 bits per heavy atom. The van der Waals surface area contributed by atoms with E-state index >= 15 is 0 Å². The second-order valence-electron chi connectivity index (χ2n) is 3.62. The van der Waals surface area contributed by atoms with Gasteiger partial charge >= 0.3 is 0 Å². The van der Waals surface area contributed by atoms with E-state index in [1.165, 1.54) is 13.3 Å². The third-order valence-electron chi connectivity index (χ3n) is 2.57. The van der Waals surface area contributed by atoms with Gasteiger partial charge in [0.2, 0.25) is 5.88 Å². The molecule has 0 aromatic carbocycles. The number of aromatic nitrogens is 3. The zero-order valence-corrected chi connectivity index (χ0v) is 10.1. The van der Waals surface area contributed by atoms with Gasteiger partial charge in [0.1, 0.15) is 5.82 Å². The highest BCUT2D eigenvalue weighted by molar-refractivity contribution is 5.27. The van der Waals surface area contributed by atoms with Crippen molar-refractivity contribution in [2.45, 2.75) is 6.04 Å². The van der Waals surface area contributed by atoms with Crippen molar-refractivity contribution in [3.63, 3.8) is 0 Å². The van der Waals surface area contributed by atoms with Gasteiger partial charge in [-0.15, -0.1) is 10.2 Å². The minimum Gasteiger partial charge on any atom is -0.480 e. The highest BCUT2D eigenvalue weighted by Crippen LogP contribution is 2.22. The lowest BCUT2D eigenvalue weighted by Crippen LogP contribution is -2.20. The Bertz CT molecular complexity index is 518. The summed E-state index contributed by atoms with van der Waals surface area (Å²) in [5, 5.41) is 10.9. The molecule has 0 fully saturated rings. The quantitative estimate of drug-likeness (QED) is 0.884. The van der Waals surface area contributed by atoms with Crippen molar-refractivity contribution in [3.05, 3.63) is 47.7 Å². The molecule has 18 heavy (non-hydrogen) atoms. The zero-order valence-electron chi connectivity index (χ0n) is 10.1. The fraction of sp³-hybridized carbons (Fsp3) is 0.250. The Morgan fingerprint density at radius 3 is 2.67 bits per heavy atom. The van der Waals surface area contributed by atoms with Crippen LogP contribution in [0.4, 0.5) is 4.39 Å². The van der Waals surface area contributed by atoms with Crippen LogP contribution in [0.25, 0.3) is 0 Å². The van der Waals surface area contributed by atoms with E-state index in [-0.39, 0.29) is 11.9 Å². The van der Waals surface area contributed by atoms with E-state index in [2.05, 4.69) is 20.5 Å². The molecule has 5 nitrogen and oxygen atoms in total. The molecule has 0 aliphatic rings. The summed E-state index contributed by atoms with van der Waals surface area (Å²) in [6.07, 6.45) is 2.72.